The first-order valence-electron chi connectivity index (χ1n) is 7.73. The van der Waals surface area contributed by atoms with Gasteiger partial charge in [-0.2, -0.15) is 0 Å². The lowest BCUT2D eigenvalue weighted by Gasteiger charge is -2.29. The highest BCUT2D eigenvalue weighted by molar-refractivity contribution is 7.94. The summed E-state index contributed by atoms with van der Waals surface area (Å²) in [5.41, 5.74) is 1.33. The number of aryl methyl sites for hydroxylation is 1. The zero-order chi connectivity index (χ0) is 17.2. The van der Waals surface area contributed by atoms with E-state index in [1.165, 1.54) is 11.3 Å². The number of ether oxygens (including phenoxy) is 1. The molecule has 1 aromatic carbocycles. The Morgan fingerprint density at radius 2 is 2.00 bits per heavy atom. The van der Waals surface area contributed by atoms with E-state index in [-0.39, 0.29) is 0 Å². The Labute approximate surface area is 151 Å². The molecule has 1 N–H and O–H groups in total. The number of thiophene rings is 1. The lowest BCUT2D eigenvalue weighted by molar-refractivity contribution is 0.122. The summed E-state index contributed by atoms with van der Waals surface area (Å²) < 4.78 is 33.4. The molecule has 24 heavy (non-hydrogen) atoms. The molecule has 8 heteroatoms. The van der Waals surface area contributed by atoms with Gasteiger partial charge in [-0.1, -0.05) is 18.5 Å². The summed E-state index contributed by atoms with van der Waals surface area (Å²) in [5.74, 6) is 0. The Morgan fingerprint density at radius 3 is 2.67 bits per heavy atom. The van der Waals surface area contributed by atoms with E-state index >= 15 is 0 Å². The van der Waals surface area contributed by atoms with E-state index in [0.717, 1.165) is 30.1 Å². The lowest BCUT2D eigenvalue weighted by atomic mass is 10.2. The van der Waals surface area contributed by atoms with E-state index in [0.29, 0.717) is 28.1 Å². The van der Waals surface area contributed by atoms with Crippen molar-refractivity contribution in [1.82, 2.24) is 0 Å². The summed E-state index contributed by atoms with van der Waals surface area (Å²) in [6, 6.07) is 8.86. The molecule has 0 aliphatic carbocycles. The normalized spacial score (nSPS) is 15.5. The number of rotatable bonds is 5. The molecule has 0 spiro atoms. The first kappa shape index (κ1) is 17.5. The molecule has 1 fully saturated rings. The molecule has 1 saturated heterocycles. The highest BCUT2D eigenvalue weighted by Gasteiger charge is 2.19. The Bertz CT molecular complexity index is 814. The van der Waals surface area contributed by atoms with Crippen molar-refractivity contribution in [2.45, 2.75) is 17.6 Å². The Balaban J connectivity index is 1.85. The maximum atomic E-state index is 12.6. The van der Waals surface area contributed by atoms with Gasteiger partial charge in [-0.25, -0.2) is 8.42 Å². The summed E-state index contributed by atoms with van der Waals surface area (Å²) in [6.45, 7) is 4.88. The van der Waals surface area contributed by atoms with Crippen LogP contribution in [0.5, 0.6) is 0 Å². The fourth-order valence-electron chi connectivity index (χ4n) is 2.50. The number of hydrogen-bond donors (Lipinski definition) is 1. The number of halogens is 1. The fraction of sp³-hybridized carbons (Fsp3) is 0.375. The van der Waals surface area contributed by atoms with Crippen LogP contribution in [0.4, 0.5) is 11.4 Å². The second kappa shape index (κ2) is 7.31. The number of anilines is 2. The van der Waals surface area contributed by atoms with Crippen molar-refractivity contribution in [2.75, 3.05) is 35.9 Å². The Hall–Kier alpha value is -1.28. The standard InChI is InChI=1S/C16H19ClN2O3S2/c1-2-13-4-6-16(23-13)24(20,21)18-15-11-12(3-5-14(15)17)19-7-9-22-10-8-19/h3-6,11,18H,2,7-10H2,1H3. The molecule has 0 radical (unpaired) electrons. The van der Waals surface area contributed by atoms with Gasteiger partial charge in [0.2, 0.25) is 0 Å². The summed E-state index contributed by atoms with van der Waals surface area (Å²) in [4.78, 5) is 3.18. The third kappa shape index (κ3) is 3.85. The van der Waals surface area contributed by atoms with E-state index in [9.17, 15) is 8.42 Å². The largest absolute Gasteiger partial charge is 0.378 e. The van der Waals surface area contributed by atoms with E-state index in [1.807, 2.05) is 19.1 Å². The molecule has 0 saturated carbocycles. The zero-order valence-corrected chi connectivity index (χ0v) is 15.7. The van der Waals surface area contributed by atoms with Crippen molar-refractivity contribution in [2.24, 2.45) is 0 Å². The Kier molecular flexibility index (Phi) is 5.34. The Morgan fingerprint density at radius 1 is 1.25 bits per heavy atom. The van der Waals surface area contributed by atoms with Gasteiger partial charge in [0.15, 0.2) is 0 Å². The van der Waals surface area contributed by atoms with Gasteiger partial charge in [-0.05, 0) is 36.8 Å². The van der Waals surface area contributed by atoms with Crippen molar-refractivity contribution < 1.29 is 13.2 Å². The van der Waals surface area contributed by atoms with Gasteiger partial charge in [0, 0.05) is 23.7 Å². The van der Waals surface area contributed by atoms with Crippen molar-refractivity contribution in [3.05, 3.63) is 40.2 Å². The minimum absolute atomic E-state index is 0.298. The predicted octanol–water partition coefficient (Wildman–Crippen LogP) is 3.60. The molecular formula is C16H19ClN2O3S2. The van der Waals surface area contributed by atoms with Crippen LogP contribution in [-0.4, -0.2) is 34.7 Å². The molecule has 1 aliphatic heterocycles. The van der Waals surface area contributed by atoms with Crippen molar-refractivity contribution in [3.8, 4) is 0 Å². The maximum absolute atomic E-state index is 12.6. The van der Waals surface area contributed by atoms with Crippen LogP contribution in [-0.2, 0) is 21.2 Å². The van der Waals surface area contributed by atoms with E-state index in [1.54, 1.807) is 18.2 Å². The molecule has 0 unspecified atom stereocenters. The van der Waals surface area contributed by atoms with Crippen LogP contribution in [0, 0.1) is 0 Å². The topological polar surface area (TPSA) is 58.6 Å². The molecule has 2 aromatic rings. The molecule has 0 amide bonds. The molecule has 0 atom stereocenters. The van der Waals surface area contributed by atoms with Gasteiger partial charge >= 0.3 is 0 Å². The van der Waals surface area contributed by atoms with Gasteiger partial charge in [-0.15, -0.1) is 11.3 Å². The highest BCUT2D eigenvalue weighted by atomic mass is 35.5. The predicted molar refractivity (Wildman–Crippen MR) is 99.0 cm³/mol. The summed E-state index contributed by atoms with van der Waals surface area (Å²) in [7, 11) is -3.63. The fourth-order valence-corrected chi connectivity index (χ4v) is 5.08. The minimum Gasteiger partial charge on any atom is -0.378 e. The number of hydrogen-bond acceptors (Lipinski definition) is 5. The van der Waals surface area contributed by atoms with Gasteiger partial charge in [0.25, 0.3) is 10.0 Å². The van der Waals surface area contributed by atoms with E-state index in [2.05, 4.69) is 9.62 Å². The lowest BCUT2D eigenvalue weighted by Crippen LogP contribution is -2.36. The van der Waals surface area contributed by atoms with Crippen molar-refractivity contribution in [3.63, 3.8) is 0 Å². The minimum atomic E-state index is -3.63. The van der Waals surface area contributed by atoms with Gasteiger partial charge in [0.05, 0.1) is 23.9 Å². The number of morpholine rings is 1. The van der Waals surface area contributed by atoms with Crippen LogP contribution in [0.3, 0.4) is 0 Å². The monoisotopic (exact) mass is 386 g/mol. The van der Waals surface area contributed by atoms with Gasteiger partial charge in [-0.3, -0.25) is 4.72 Å². The van der Waals surface area contributed by atoms with Crippen molar-refractivity contribution in [1.29, 1.82) is 0 Å². The number of sulfonamides is 1. The molecule has 130 valence electrons. The molecule has 1 aromatic heterocycles. The van der Waals surface area contributed by atoms with Crippen LogP contribution in [0.2, 0.25) is 5.02 Å². The van der Waals surface area contributed by atoms with E-state index < -0.39 is 10.0 Å². The number of benzene rings is 1. The SMILES string of the molecule is CCc1ccc(S(=O)(=O)Nc2cc(N3CCOCC3)ccc2Cl)s1. The number of nitrogens with zero attached hydrogens (tertiary/aromatic N) is 1. The summed E-state index contributed by atoms with van der Waals surface area (Å²) >= 11 is 7.47. The first-order chi connectivity index (χ1) is 11.5. The quantitative estimate of drug-likeness (QED) is 0.852. The number of nitrogens with one attached hydrogen (secondary N) is 1. The third-order valence-electron chi connectivity index (χ3n) is 3.82. The maximum Gasteiger partial charge on any atom is 0.271 e. The molecule has 3 rings (SSSR count). The van der Waals surface area contributed by atoms with Crippen LogP contribution >= 0.6 is 22.9 Å². The van der Waals surface area contributed by atoms with Gasteiger partial charge in [0.1, 0.15) is 4.21 Å². The molecule has 1 aliphatic rings. The first-order valence-corrected chi connectivity index (χ1v) is 10.4. The molecule has 5 nitrogen and oxygen atoms in total. The van der Waals surface area contributed by atoms with Crippen LogP contribution in [0.25, 0.3) is 0 Å². The summed E-state index contributed by atoms with van der Waals surface area (Å²) in [5, 5.41) is 0.378. The van der Waals surface area contributed by atoms with Crippen LogP contribution < -0.4 is 9.62 Å². The summed E-state index contributed by atoms with van der Waals surface area (Å²) in [6.07, 6.45) is 0.813. The zero-order valence-electron chi connectivity index (χ0n) is 13.3. The highest BCUT2D eigenvalue weighted by Crippen LogP contribution is 2.31. The van der Waals surface area contributed by atoms with Gasteiger partial charge < -0.3 is 9.64 Å². The average Bonchev–Trinajstić information content (AvgIpc) is 3.08. The molecule has 2 heterocycles. The van der Waals surface area contributed by atoms with Crippen LogP contribution in [0.15, 0.2) is 34.5 Å². The second-order valence-electron chi connectivity index (χ2n) is 5.44. The third-order valence-corrected chi connectivity index (χ3v) is 7.24. The van der Waals surface area contributed by atoms with Crippen LogP contribution in [0.1, 0.15) is 11.8 Å². The van der Waals surface area contributed by atoms with Crippen molar-refractivity contribution >= 4 is 44.3 Å². The van der Waals surface area contributed by atoms with E-state index in [4.69, 9.17) is 16.3 Å². The molecule has 0 bridgehead atoms. The molecular weight excluding hydrogens is 368 g/mol. The second-order valence-corrected chi connectivity index (χ2v) is 8.93. The smallest absolute Gasteiger partial charge is 0.271 e. The average molecular weight is 387 g/mol.